The van der Waals surface area contributed by atoms with Gasteiger partial charge in [0, 0.05) is 12.3 Å². The van der Waals surface area contributed by atoms with Crippen molar-refractivity contribution in [3.05, 3.63) is 35.9 Å². The molecule has 1 aliphatic rings. The number of thioether (sulfide) groups is 1. The molecule has 0 amide bonds. The van der Waals surface area contributed by atoms with Gasteiger partial charge in [0.15, 0.2) is 0 Å². The molecular formula is C12H17ClN2S2. The third-order valence-electron chi connectivity index (χ3n) is 2.68. The van der Waals surface area contributed by atoms with E-state index < -0.39 is 0 Å². The van der Waals surface area contributed by atoms with Gasteiger partial charge in [0.05, 0.1) is 16.9 Å². The second kappa shape index (κ2) is 7.21. The summed E-state index contributed by atoms with van der Waals surface area (Å²) in [5, 5.41) is 0. The number of hydrogen-bond acceptors (Lipinski definition) is 3. The van der Waals surface area contributed by atoms with Gasteiger partial charge in [-0.05, 0) is 12.0 Å². The number of nitrogens with zero attached hydrogens (tertiary/aromatic N) is 1. The molecule has 0 bridgehead atoms. The van der Waals surface area contributed by atoms with Crippen molar-refractivity contribution < 1.29 is 0 Å². The highest BCUT2D eigenvalue weighted by molar-refractivity contribution is 7.99. The fourth-order valence-electron chi connectivity index (χ4n) is 1.78. The second-order valence-electron chi connectivity index (χ2n) is 3.94. The van der Waals surface area contributed by atoms with E-state index >= 15 is 0 Å². The van der Waals surface area contributed by atoms with Crippen LogP contribution in [0.4, 0.5) is 0 Å². The molecule has 0 radical (unpaired) electrons. The number of halogens is 1. The Hall–Kier alpha value is -0.290. The maximum atomic E-state index is 6.14. The summed E-state index contributed by atoms with van der Waals surface area (Å²) < 4.78 is 0. The molecule has 1 atom stereocenters. The van der Waals surface area contributed by atoms with Crippen molar-refractivity contribution in [1.29, 1.82) is 0 Å². The van der Waals surface area contributed by atoms with E-state index in [0.29, 0.717) is 0 Å². The molecule has 2 nitrogen and oxygen atoms in total. The van der Waals surface area contributed by atoms with Crippen molar-refractivity contribution in [3.8, 4) is 0 Å². The molecule has 0 spiro atoms. The Labute approximate surface area is 118 Å². The second-order valence-corrected chi connectivity index (χ2v) is 5.43. The molecule has 1 saturated heterocycles. The van der Waals surface area contributed by atoms with Crippen molar-refractivity contribution in [2.75, 3.05) is 18.2 Å². The standard InChI is InChI=1S/C12H16N2S2.ClH/c13-11(8-10-4-2-1-3-5-10)12(15)14-6-7-16-9-14;/h1-5,11H,6-9,13H2;1H. The zero-order valence-corrected chi connectivity index (χ0v) is 12.0. The van der Waals surface area contributed by atoms with E-state index in [1.807, 2.05) is 30.0 Å². The van der Waals surface area contributed by atoms with Crippen LogP contribution in [0.5, 0.6) is 0 Å². The van der Waals surface area contributed by atoms with Crippen molar-refractivity contribution in [2.24, 2.45) is 5.73 Å². The van der Waals surface area contributed by atoms with Crippen LogP contribution in [-0.2, 0) is 6.42 Å². The Balaban J connectivity index is 0.00000144. The molecule has 1 heterocycles. The molecule has 1 fully saturated rings. The molecule has 2 N–H and O–H groups in total. The topological polar surface area (TPSA) is 29.3 Å². The van der Waals surface area contributed by atoms with Crippen LogP contribution in [-0.4, -0.2) is 34.1 Å². The van der Waals surface area contributed by atoms with Gasteiger partial charge in [0.1, 0.15) is 0 Å². The number of rotatable bonds is 3. The first-order chi connectivity index (χ1) is 7.77. The van der Waals surface area contributed by atoms with Gasteiger partial charge in [-0.1, -0.05) is 42.5 Å². The van der Waals surface area contributed by atoms with E-state index in [1.54, 1.807) is 0 Å². The molecule has 0 aromatic heterocycles. The molecule has 5 heteroatoms. The van der Waals surface area contributed by atoms with Crippen LogP contribution in [0.1, 0.15) is 5.56 Å². The van der Waals surface area contributed by atoms with E-state index in [-0.39, 0.29) is 18.4 Å². The Morgan fingerprint density at radius 3 is 2.71 bits per heavy atom. The molecule has 94 valence electrons. The summed E-state index contributed by atoms with van der Waals surface area (Å²) in [4.78, 5) is 3.13. The summed E-state index contributed by atoms with van der Waals surface area (Å²) in [6.45, 7) is 1.05. The monoisotopic (exact) mass is 288 g/mol. The lowest BCUT2D eigenvalue weighted by molar-refractivity contribution is 0.527. The van der Waals surface area contributed by atoms with Crippen LogP contribution < -0.4 is 5.73 Å². The molecule has 1 aromatic carbocycles. The first-order valence-corrected chi connectivity index (χ1v) is 6.99. The molecule has 1 unspecified atom stereocenters. The average Bonchev–Trinajstić information content (AvgIpc) is 2.83. The summed E-state index contributed by atoms with van der Waals surface area (Å²) in [6.07, 6.45) is 0.834. The highest BCUT2D eigenvalue weighted by Crippen LogP contribution is 2.16. The largest absolute Gasteiger partial charge is 0.355 e. The quantitative estimate of drug-likeness (QED) is 0.865. The van der Waals surface area contributed by atoms with Crippen LogP contribution in [0.15, 0.2) is 30.3 Å². The number of thiocarbonyl (C=S) groups is 1. The SMILES string of the molecule is Cl.NC(Cc1ccccc1)C(=S)N1CCSC1. The van der Waals surface area contributed by atoms with Crippen molar-refractivity contribution in [2.45, 2.75) is 12.5 Å². The zero-order chi connectivity index (χ0) is 11.4. The maximum absolute atomic E-state index is 6.14. The van der Waals surface area contributed by atoms with Crippen LogP contribution in [0.25, 0.3) is 0 Å². The van der Waals surface area contributed by atoms with Crippen LogP contribution in [0.3, 0.4) is 0 Å². The third kappa shape index (κ3) is 4.14. The first kappa shape index (κ1) is 14.8. The van der Waals surface area contributed by atoms with E-state index in [1.165, 1.54) is 5.56 Å². The Morgan fingerprint density at radius 1 is 1.41 bits per heavy atom. The molecule has 17 heavy (non-hydrogen) atoms. The van der Waals surface area contributed by atoms with Gasteiger partial charge >= 0.3 is 0 Å². The minimum atomic E-state index is -0.0314. The highest BCUT2D eigenvalue weighted by Gasteiger charge is 2.20. The van der Waals surface area contributed by atoms with Crippen molar-refractivity contribution in [1.82, 2.24) is 4.90 Å². The van der Waals surface area contributed by atoms with Crippen LogP contribution in [0, 0.1) is 0 Å². The highest BCUT2D eigenvalue weighted by atomic mass is 35.5. The minimum Gasteiger partial charge on any atom is -0.355 e. The summed E-state index contributed by atoms with van der Waals surface area (Å²) >= 11 is 7.34. The first-order valence-electron chi connectivity index (χ1n) is 5.43. The van der Waals surface area contributed by atoms with Crippen LogP contribution >= 0.6 is 36.4 Å². The summed E-state index contributed by atoms with van der Waals surface area (Å²) in [7, 11) is 0. The fraction of sp³-hybridized carbons (Fsp3) is 0.417. The fourth-order valence-corrected chi connectivity index (χ4v) is 3.07. The normalized spacial score (nSPS) is 16.4. The molecule has 1 aliphatic heterocycles. The van der Waals surface area contributed by atoms with E-state index in [0.717, 1.165) is 29.6 Å². The van der Waals surface area contributed by atoms with Gasteiger partial charge in [0.2, 0.25) is 0 Å². The van der Waals surface area contributed by atoms with Gasteiger partial charge in [-0.15, -0.1) is 24.2 Å². The van der Waals surface area contributed by atoms with Crippen molar-refractivity contribution in [3.63, 3.8) is 0 Å². The van der Waals surface area contributed by atoms with Crippen molar-refractivity contribution >= 4 is 41.4 Å². The average molecular weight is 289 g/mol. The molecule has 0 aliphatic carbocycles. The summed E-state index contributed by atoms with van der Waals surface area (Å²) in [5.74, 6) is 2.17. The lowest BCUT2D eigenvalue weighted by Gasteiger charge is -2.22. The lowest BCUT2D eigenvalue weighted by atomic mass is 10.1. The van der Waals surface area contributed by atoms with Gasteiger partial charge < -0.3 is 10.6 Å². The molecule has 1 aromatic rings. The van der Waals surface area contributed by atoms with Gasteiger partial charge in [-0.2, -0.15) is 0 Å². The summed E-state index contributed by atoms with van der Waals surface area (Å²) in [6, 6.07) is 10.3. The van der Waals surface area contributed by atoms with Gasteiger partial charge in [0.25, 0.3) is 0 Å². The number of nitrogens with two attached hydrogens (primary N) is 1. The Morgan fingerprint density at radius 2 is 2.12 bits per heavy atom. The van der Waals surface area contributed by atoms with E-state index in [4.69, 9.17) is 18.0 Å². The van der Waals surface area contributed by atoms with Crippen LogP contribution in [0.2, 0.25) is 0 Å². The predicted molar refractivity (Wildman–Crippen MR) is 82.0 cm³/mol. The smallest absolute Gasteiger partial charge is 0.0960 e. The van der Waals surface area contributed by atoms with E-state index in [9.17, 15) is 0 Å². The maximum Gasteiger partial charge on any atom is 0.0960 e. The Bertz CT molecular complexity index is 353. The van der Waals surface area contributed by atoms with E-state index in [2.05, 4.69) is 17.0 Å². The Kier molecular flexibility index (Phi) is 6.27. The zero-order valence-electron chi connectivity index (χ0n) is 9.54. The van der Waals surface area contributed by atoms with Gasteiger partial charge in [-0.3, -0.25) is 0 Å². The molecular weight excluding hydrogens is 272 g/mol. The lowest BCUT2D eigenvalue weighted by Crippen LogP contribution is -2.42. The van der Waals surface area contributed by atoms with Gasteiger partial charge in [-0.25, -0.2) is 0 Å². The molecule has 2 rings (SSSR count). The predicted octanol–water partition coefficient (Wildman–Crippen LogP) is 2.31. The third-order valence-corrected chi connectivity index (χ3v) is 4.21. The minimum absolute atomic E-state index is 0. The molecule has 0 saturated carbocycles. The number of hydrogen-bond donors (Lipinski definition) is 1. The summed E-state index contributed by atoms with van der Waals surface area (Å²) in [5.41, 5.74) is 7.39. The number of benzene rings is 1.